The lowest BCUT2D eigenvalue weighted by Gasteiger charge is -2.17. The van der Waals surface area contributed by atoms with E-state index in [0.717, 1.165) is 0 Å². The van der Waals surface area contributed by atoms with Crippen LogP contribution in [0, 0.1) is 0 Å². The number of aliphatic hydroxyl groups excluding tert-OH is 1. The predicted octanol–water partition coefficient (Wildman–Crippen LogP) is 4.75. The molecule has 0 amide bonds. The van der Waals surface area contributed by atoms with E-state index < -0.39 is 6.10 Å². The first kappa shape index (κ1) is 16.2. The molecule has 112 valence electrons. The average Bonchev–Trinajstić information content (AvgIpc) is 2.48. The third-order valence-corrected chi connectivity index (χ3v) is 3.96. The van der Waals surface area contributed by atoms with Gasteiger partial charge in [0.25, 0.3) is 0 Å². The maximum absolute atomic E-state index is 10.5. The van der Waals surface area contributed by atoms with Gasteiger partial charge in [-0.25, -0.2) is 0 Å². The zero-order valence-electron chi connectivity index (χ0n) is 11.4. The van der Waals surface area contributed by atoms with Crippen molar-refractivity contribution in [3.05, 3.63) is 56.5 Å². The van der Waals surface area contributed by atoms with Crippen LogP contribution in [0.5, 0.6) is 11.5 Å². The van der Waals surface area contributed by atoms with E-state index in [1.807, 2.05) is 0 Å². The Kier molecular flexibility index (Phi) is 5.22. The number of hydrogen-bond donors (Lipinski definition) is 1. The van der Waals surface area contributed by atoms with E-state index in [1.54, 1.807) is 30.3 Å². The van der Waals surface area contributed by atoms with Crippen LogP contribution in [0.2, 0.25) is 15.1 Å². The van der Waals surface area contributed by atoms with Gasteiger partial charge in [-0.15, -0.1) is 0 Å². The van der Waals surface area contributed by atoms with Crippen molar-refractivity contribution in [1.29, 1.82) is 0 Å². The van der Waals surface area contributed by atoms with E-state index in [9.17, 15) is 5.11 Å². The van der Waals surface area contributed by atoms with Crippen molar-refractivity contribution in [3.63, 3.8) is 0 Å². The summed E-state index contributed by atoms with van der Waals surface area (Å²) >= 11 is 18.3. The van der Waals surface area contributed by atoms with Crippen molar-refractivity contribution in [2.45, 2.75) is 6.10 Å². The van der Waals surface area contributed by atoms with E-state index in [4.69, 9.17) is 44.3 Å². The van der Waals surface area contributed by atoms with Crippen molar-refractivity contribution in [2.24, 2.45) is 0 Å². The third kappa shape index (κ3) is 3.38. The molecule has 0 saturated carbocycles. The number of methoxy groups -OCH3 is 2. The molecule has 0 bridgehead atoms. The number of aliphatic hydroxyl groups is 1. The van der Waals surface area contributed by atoms with Gasteiger partial charge in [-0.1, -0.05) is 34.8 Å². The summed E-state index contributed by atoms with van der Waals surface area (Å²) in [5.74, 6) is 0.949. The SMILES string of the molecule is COc1cc(Cl)c(C(O)c2cc(Cl)ccc2Cl)cc1OC. The second-order valence-electron chi connectivity index (χ2n) is 4.30. The van der Waals surface area contributed by atoms with E-state index in [0.29, 0.717) is 37.7 Å². The molecule has 0 fully saturated rings. The smallest absolute Gasteiger partial charge is 0.162 e. The molecule has 6 heteroatoms. The first-order valence-corrected chi connectivity index (χ1v) is 7.15. The molecule has 1 unspecified atom stereocenters. The Hall–Kier alpha value is -1.13. The molecule has 0 spiro atoms. The molecular formula is C15H13Cl3O3. The quantitative estimate of drug-likeness (QED) is 0.867. The highest BCUT2D eigenvalue weighted by Crippen LogP contribution is 2.39. The van der Waals surface area contributed by atoms with E-state index in [-0.39, 0.29) is 0 Å². The third-order valence-electron chi connectivity index (χ3n) is 3.05. The highest BCUT2D eigenvalue weighted by molar-refractivity contribution is 6.34. The van der Waals surface area contributed by atoms with Gasteiger partial charge in [-0.3, -0.25) is 0 Å². The van der Waals surface area contributed by atoms with Gasteiger partial charge in [0.15, 0.2) is 11.5 Å². The van der Waals surface area contributed by atoms with Gasteiger partial charge in [0.2, 0.25) is 0 Å². The summed E-state index contributed by atoms with van der Waals surface area (Å²) in [5, 5.41) is 11.8. The highest BCUT2D eigenvalue weighted by Gasteiger charge is 2.20. The molecule has 0 radical (unpaired) electrons. The lowest BCUT2D eigenvalue weighted by molar-refractivity contribution is 0.219. The molecule has 1 N–H and O–H groups in total. The van der Waals surface area contributed by atoms with Gasteiger partial charge in [-0.2, -0.15) is 0 Å². The van der Waals surface area contributed by atoms with Gasteiger partial charge >= 0.3 is 0 Å². The fourth-order valence-electron chi connectivity index (χ4n) is 1.97. The Balaban J connectivity index is 2.52. The van der Waals surface area contributed by atoms with Crippen molar-refractivity contribution in [1.82, 2.24) is 0 Å². The Bertz CT molecular complexity index is 659. The lowest BCUT2D eigenvalue weighted by Crippen LogP contribution is -2.03. The second kappa shape index (κ2) is 6.75. The van der Waals surface area contributed by atoms with Crippen LogP contribution >= 0.6 is 34.8 Å². The molecule has 0 saturated heterocycles. The minimum absolute atomic E-state index is 0.344. The largest absolute Gasteiger partial charge is 0.493 e. The highest BCUT2D eigenvalue weighted by atomic mass is 35.5. The van der Waals surface area contributed by atoms with Crippen molar-refractivity contribution >= 4 is 34.8 Å². The summed E-state index contributed by atoms with van der Waals surface area (Å²) in [6, 6.07) is 8.06. The maximum Gasteiger partial charge on any atom is 0.162 e. The van der Waals surface area contributed by atoms with Crippen LogP contribution in [0.4, 0.5) is 0 Å². The summed E-state index contributed by atoms with van der Waals surface area (Å²) in [7, 11) is 3.02. The predicted molar refractivity (Wildman–Crippen MR) is 85.1 cm³/mol. The molecule has 0 aliphatic heterocycles. The summed E-state index contributed by atoms with van der Waals surface area (Å²) in [5.41, 5.74) is 0.928. The van der Waals surface area contributed by atoms with Crippen molar-refractivity contribution < 1.29 is 14.6 Å². The van der Waals surface area contributed by atoms with E-state index in [2.05, 4.69) is 0 Å². The molecule has 3 nitrogen and oxygen atoms in total. The summed E-state index contributed by atoms with van der Waals surface area (Å²) < 4.78 is 10.4. The van der Waals surface area contributed by atoms with Gasteiger partial charge in [0.05, 0.1) is 19.2 Å². The molecule has 0 aliphatic rings. The van der Waals surface area contributed by atoms with Crippen molar-refractivity contribution in [2.75, 3.05) is 14.2 Å². The molecule has 2 aromatic rings. The Labute approximate surface area is 138 Å². The maximum atomic E-state index is 10.5. The summed E-state index contributed by atoms with van der Waals surface area (Å²) in [6.45, 7) is 0. The van der Waals surface area contributed by atoms with Gasteiger partial charge < -0.3 is 14.6 Å². The van der Waals surface area contributed by atoms with Crippen LogP contribution in [0.1, 0.15) is 17.2 Å². The lowest BCUT2D eigenvalue weighted by atomic mass is 10.0. The van der Waals surface area contributed by atoms with Crippen LogP contribution in [0.3, 0.4) is 0 Å². The fourth-order valence-corrected chi connectivity index (χ4v) is 2.63. The molecular weight excluding hydrogens is 335 g/mol. The molecule has 2 aromatic carbocycles. The Morgan fingerprint density at radius 1 is 0.857 bits per heavy atom. The number of rotatable bonds is 4. The van der Waals surface area contributed by atoms with Gasteiger partial charge in [0, 0.05) is 27.2 Å². The monoisotopic (exact) mass is 346 g/mol. The van der Waals surface area contributed by atoms with Crippen LogP contribution in [0.15, 0.2) is 30.3 Å². The minimum atomic E-state index is -1.02. The number of ether oxygens (including phenoxy) is 2. The van der Waals surface area contributed by atoms with E-state index in [1.165, 1.54) is 14.2 Å². The number of benzene rings is 2. The van der Waals surface area contributed by atoms with Crippen molar-refractivity contribution in [3.8, 4) is 11.5 Å². The molecule has 0 aromatic heterocycles. The van der Waals surface area contributed by atoms with Crippen LogP contribution < -0.4 is 9.47 Å². The Morgan fingerprint density at radius 2 is 1.43 bits per heavy atom. The zero-order valence-corrected chi connectivity index (χ0v) is 13.6. The molecule has 0 heterocycles. The fraction of sp³-hybridized carbons (Fsp3) is 0.200. The summed E-state index contributed by atoms with van der Waals surface area (Å²) in [4.78, 5) is 0. The van der Waals surface area contributed by atoms with Gasteiger partial charge in [0.1, 0.15) is 6.10 Å². The zero-order chi connectivity index (χ0) is 15.6. The van der Waals surface area contributed by atoms with Gasteiger partial charge in [-0.05, 0) is 24.3 Å². The normalized spacial score (nSPS) is 12.1. The first-order valence-electron chi connectivity index (χ1n) is 6.02. The molecule has 0 aliphatic carbocycles. The number of hydrogen-bond acceptors (Lipinski definition) is 3. The van der Waals surface area contributed by atoms with E-state index >= 15 is 0 Å². The van der Waals surface area contributed by atoms with Crippen LogP contribution in [-0.4, -0.2) is 19.3 Å². The minimum Gasteiger partial charge on any atom is -0.493 e. The topological polar surface area (TPSA) is 38.7 Å². The van der Waals surface area contributed by atoms with Crippen LogP contribution in [-0.2, 0) is 0 Å². The second-order valence-corrected chi connectivity index (χ2v) is 5.55. The average molecular weight is 348 g/mol. The molecule has 2 rings (SSSR count). The Morgan fingerprint density at radius 3 is 2.05 bits per heavy atom. The first-order chi connectivity index (χ1) is 9.97. The standard InChI is InChI=1S/C15H13Cl3O3/c1-20-13-6-10(12(18)7-14(13)21-2)15(19)9-5-8(16)3-4-11(9)17/h3-7,15,19H,1-2H3. The molecule has 1 atom stereocenters. The molecule has 21 heavy (non-hydrogen) atoms. The van der Waals surface area contributed by atoms with Crippen LogP contribution in [0.25, 0.3) is 0 Å². The summed E-state index contributed by atoms with van der Waals surface area (Å²) in [6.07, 6.45) is -1.02. The number of halogens is 3.